The van der Waals surface area contributed by atoms with Gasteiger partial charge in [-0.05, 0) is 26.7 Å². The van der Waals surface area contributed by atoms with Crippen LogP contribution in [0.15, 0.2) is 9.52 Å². The number of esters is 1. The molecular formula is C14H23N5O3. The van der Waals surface area contributed by atoms with Crippen molar-refractivity contribution >= 4 is 11.9 Å². The summed E-state index contributed by atoms with van der Waals surface area (Å²) in [5, 5.41) is 6.94. The minimum absolute atomic E-state index is 0.0992. The van der Waals surface area contributed by atoms with E-state index in [0.717, 1.165) is 25.3 Å². The standard InChI is InChI=1S/C14H23N5O3/c1-4-21-13(20)11-6-5-7-19(9-11)14(15-3)16-8-12-17-10(2)18-22-12/h11H,4-9H2,1-3H3,(H,15,16). The highest BCUT2D eigenvalue weighted by atomic mass is 16.5. The lowest BCUT2D eigenvalue weighted by atomic mass is 9.98. The van der Waals surface area contributed by atoms with Gasteiger partial charge in [0.25, 0.3) is 0 Å². The van der Waals surface area contributed by atoms with Gasteiger partial charge in [-0.25, -0.2) is 0 Å². The van der Waals surface area contributed by atoms with Gasteiger partial charge in [-0.2, -0.15) is 4.98 Å². The number of ether oxygens (including phenoxy) is 1. The van der Waals surface area contributed by atoms with Crippen LogP contribution in [0.3, 0.4) is 0 Å². The molecule has 2 rings (SSSR count). The molecule has 2 heterocycles. The highest BCUT2D eigenvalue weighted by Crippen LogP contribution is 2.18. The van der Waals surface area contributed by atoms with Gasteiger partial charge in [0.2, 0.25) is 5.89 Å². The van der Waals surface area contributed by atoms with E-state index in [-0.39, 0.29) is 11.9 Å². The van der Waals surface area contributed by atoms with Gasteiger partial charge in [-0.1, -0.05) is 5.16 Å². The van der Waals surface area contributed by atoms with Crippen molar-refractivity contribution in [3.63, 3.8) is 0 Å². The third-order valence-electron chi connectivity index (χ3n) is 3.52. The number of hydrogen-bond donors (Lipinski definition) is 1. The van der Waals surface area contributed by atoms with Crippen LogP contribution in [0.1, 0.15) is 31.5 Å². The fourth-order valence-corrected chi connectivity index (χ4v) is 2.52. The van der Waals surface area contributed by atoms with Crippen molar-refractivity contribution in [3.8, 4) is 0 Å². The summed E-state index contributed by atoms with van der Waals surface area (Å²) < 4.78 is 10.2. The summed E-state index contributed by atoms with van der Waals surface area (Å²) in [6.45, 7) is 5.90. The molecule has 8 nitrogen and oxygen atoms in total. The number of hydrogen-bond acceptors (Lipinski definition) is 6. The molecule has 1 N–H and O–H groups in total. The number of piperidine rings is 1. The number of guanidine groups is 1. The molecule has 1 aliphatic heterocycles. The quantitative estimate of drug-likeness (QED) is 0.498. The summed E-state index contributed by atoms with van der Waals surface area (Å²) in [4.78, 5) is 22.4. The molecule has 0 aromatic carbocycles. The van der Waals surface area contributed by atoms with Crippen molar-refractivity contribution < 1.29 is 14.1 Å². The van der Waals surface area contributed by atoms with Crippen LogP contribution in [0.2, 0.25) is 0 Å². The Balaban J connectivity index is 1.91. The molecule has 0 amide bonds. The van der Waals surface area contributed by atoms with E-state index in [9.17, 15) is 4.79 Å². The van der Waals surface area contributed by atoms with Crippen molar-refractivity contribution in [1.29, 1.82) is 0 Å². The van der Waals surface area contributed by atoms with Crippen LogP contribution in [-0.2, 0) is 16.1 Å². The van der Waals surface area contributed by atoms with E-state index < -0.39 is 0 Å². The van der Waals surface area contributed by atoms with Gasteiger partial charge >= 0.3 is 5.97 Å². The van der Waals surface area contributed by atoms with Gasteiger partial charge in [0.15, 0.2) is 11.8 Å². The second kappa shape index (κ2) is 7.77. The number of rotatable bonds is 4. The maximum atomic E-state index is 11.9. The second-order valence-electron chi connectivity index (χ2n) is 5.17. The summed E-state index contributed by atoms with van der Waals surface area (Å²) in [6.07, 6.45) is 1.79. The lowest BCUT2D eigenvalue weighted by Gasteiger charge is -2.33. The normalized spacial score (nSPS) is 19.1. The third-order valence-corrected chi connectivity index (χ3v) is 3.52. The van der Waals surface area contributed by atoms with E-state index in [2.05, 4.69) is 25.3 Å². The molecule has 1 aliphatic rings. The first-order valence-corrected chi connectivity index (χ1v) is 7.55. The lowest BCUT2D eigenvalue weighted by Crippen LogP contribution is -2.48. The number of nitrogens with one attached hydrogen (secondary N) is 1. The van der Waals surface area contributed by atoms with Gasteiger partial charge < -0.3 is 19.5 Å². The van der Waals surface area contributed by atoms with Gasteiger partial charge in [0, 0.05) is 20.1 Å². The first-order valence-electron chi connectivity index (χ1n) is 7.55. The Morgan fingerprint density at radius 2 is 2.41 bits per heavy atom. The van der Waals surface area contributed by atoms with Crippen LogP contribution < -0.4 is 5.32 Å². The van der Waals surface area contributed by atoms with Crippen molar-refractivity contribution in [1.82, 2.24) is 20.4 Å². The molecule has 22 heavy (non-hydrogen) atoms. The van der Waals surface area contributed by atoms with Crippen LogP contribution >= 0.6 is 0 Å². The molecule has 1 fully saturated rings. The monoisotopic (exact) mass is 309 g/mol. The molecule has 0 radical (unpaired) electrons. The van der Waals surface area contributed by atoms with E-state index in [0.29, 0.717) is 31.4 Å². The van der Waals surface area contributed by atoms with Gasteiger partial charge in [-0.15, -0.1) is 0 Å². The molecule has 1 aromatic heterocycles. The predicted octanol–water partition coefficient (Wildman–Crippen LogP) is 0.729. The Morgan fingerprint density at radius 1 is 1.59 bits per heavy atom. The number of aliphatic imine (C=N–C) groups is 1. The van der Waals surface area contributed by atoms with Gasteiger partial charge in [0.1, 0.15) is 0 Å². The van der Waals surface area contributed by atoms with Crippen LogP contribution in [-0.4, -0.2) is 53.7 Å². The molecule has 1 aromatic rings. The molecule has 0 spiro atoms. The Bertz CT molecular complexity index is 528. The molecule has 1 saturated heterocycles. The zero-order valence-electron chi connectivity index (χ0n) is 13.3. The zero-order chi connectivity index (χ0) is 15.9. The number of likely N-dealkylation sites (tertiary alicyclic amines) is 1. The van der Waals surface area contributed by atoms with Crippen molar-refractivity contribution in [2.45, 2.75) is 33.2 Å². The van der Waals surface area contributed by atoms with Gasteiger partial charge in [-0.3, -0.25) is 9.79 Å². The minimum Gasteiger partial charge on any atom is -0.466 e. The Labute approximate surface area is 129 Å². The molecule has 1 atom stereocenters. The Morgan fingerprint density at radius 3 is 3.05 bits per heavy atom. The Hall–Kier alpha value is -2.12. The predicted molar refractivity (Wildman–Crippen MR) is 80.2 cm³/mol. The molecule has 1 unspecified atom stereocenters. The molecule has 0 aliphatic carbocycles. The average Bonchev–Trinajstić information content (AvgIpc) is 2.94. The first kappa shape index (κ1) is 16.3. The molecule has 0 bridgehead atoms. The minimum atomic E-state index is -0.129. The second-order valence-corrected chi connectivity index (χ2v) is 5.17. The molecule has 122 valence electrons. The summed E-state index contributed by atoms with van der Waals surface area (Å²) >= 11 is 0. The zero-order valence-corrected chi connectivity index (χ0v) is 13.3. The van der Waals surface area contributed by atoms with E-state index >= 15 is 0 Å². The summed E-state index contributed by atoms with van der Waals surface area (Å²) in [7, 11) is 1.72. The highest BCUT2D eigenvalue weighted by molar-refractivity contribution is 5.81. The summed E-state index contributed by atoms with van der Waals surface area (Å²) in [5.41, 5.74) is 0. The number of aryl methyl sites for hydroxylation is 1. The molecule has 0 saturated carbocycles. The van der Waals surface area contributed by atoms with Crippen molar-refractivity contribution in [2.75, 3.05) is 26.7 Å². The maximum Gasteiger partial charge on any atom is 0.310 e. The largest absolute Gasteiger partial charge is 0.466 e. The summed E-state index contributed by atoms with van der Waals surface area (Å²) in [5.74, 6) is 1.61. The fourth-order valence-electron chi connectivity index (χ4n) is 2.52. The Kier molecular flexibility index (Phi) is 5.74. The number of carbonyl (C=O) groups is 1. The van der Waals surface area contributed by atoms with E-state index in [4.69, 9.17) is 9.26 Å². The van der Waals surface area contributed by atoms with E-state index in [1.807, 2.05) is 6.92 Å². The average molecular weight is 309 g/mol. The maximum absolute atomic E-state index is 11.9. The SMILES string of the molecule is CCOC(=O)C1CCCN(C(=NC)NCc2nc(C)no2)C1. The van der Waals surface area contributed by atoms with Crippen LogP contribution in [0, 0.1) is 12.8 Å². The fraction of sp³-hybridized carbons (Fsp3) is 0.714. The van der Waals surface area contributed by atoms with Crippen LogP contribution in [0.25, 0.3) is 0 Å². The first-order chi connectivity index (χ1) is 10.6. The number of carbonyl (C=O) groups excluding carboxylic acids is 1. The van der Waals surface area contributed by atoms with E-state index in [1.54, 1.807) is 14.0 Å². The number of nitrogens with zero attached hydrogens (tertiary/aromatic N) is 4. The third kappa shape index (κ3) is 4.19. The smallest absolute Gasteiger partial charge is 0.310 e. The topological polar surface area (TPSA) is 92.8 Å². The molecule has 8 heteroatoms. The van der Waals surface area contributed by atoms with Crippen LogP contribution in [0.5, 0.6) is 0 Å². The van der Waals surface area contributed by atoms with Crippen molar-refractivity contribution in [2.24, 2.45) is 10.9 Å². The molecular weight excluding hydrogens is 286 g/mol. The highest BCUT2D eigenvalue weighted by Gasteiger charge is 2.28. The lowest BCUT2D eigenvalue weighted by molar-refractivity contribution is -0.149. The van der Waals surface area contributed by atoms with Crippen molar-refractivity contribution in [3.05, 3.63) is 11.7 Å². The number of aromatic nitrogens is 2. The van der Waals surface area contributed by atoms with Gasteiger partial charge in [0.05, 0.1) is 19.1 Å². The summed E-state index contributed by atoms with van der Waals surface area (Å²) in [6, 6.07) is 0. The van der Waals surface area contributed by atoms with E-state index in [1.165, 1.54) is 0 Å². The van der Waals surface area contributed by atoms with Crippen LogP contribution in [0.4, 0.5) is 0 Å².